The molecule has 0 aliphatic carbocycles. The Morgan fingerprint density at radius 3 is 2.92 bits per heavy atom. The summed E-state index contributed by atoms with van der Waals surface area (Å²) in [5, 5.41) is 0. The molecule has 144 valence electrons. The summed E-state index contributed by atoms with van der Waals surface area (Å²) in [7, 11) is -3.18. The molecule has 3 saturated heterocycles. The number of ether oxygens (including phenoxy) is 1. The number of sulfonamides is 1. The van der Waals surface area contributed by atoms with Crippen molar-refractivity contribution in [3.63, 3.8) is 0 Å². The van der Waals surface area contributed by atoms with Crippen LogP contribution >= 0.6 is 0 Å². The predicted octanol–water partition coefficient (Wildman–Crippen LogP) is 1.41. The Labute approximate surface area is 155 Å². The van der Waals surface area contributed by atoms with Gasteiger partial charge in [0.1, 0.15) is 5.82 Å². The van der Waals surface area contributed by atoms with Gasteiger partial charge in [0.25, 0.3) is 0 Å². The van der Waals surface area contributed by atoms with Gasteiger partial charge in [0.2, 0.25) is 10.0 Å². The van der Waals surface area contributed by atoms with Crippen molar-refractivity contribution in [2.24, 2.45) is 11.8 Å². The van der Waals surface area contributed by atoms with Gasteiger partial charge in [-0.15, -0.1) is 0 Å². The van der Waals surface area contributed by atoms with E-state index in [2.05, 4.69) is 14.6 Å². The van der Waals surface area contributed by atoms with Gasteiger partial charge in [-0.05, 0) is 33.1 Å². The molecule has 0 aromatic carbocycles. The highest BCUT2D eigenvalue weighted by atomic mass is 32.2. The van der Waals surface area contributed by atoms with Gasteiger partial charge in [-0.25, -0.2) is 18.1 Å². The highest BCUT2D eigenvalue weighted by Crippen LogP contribution is 2.55. The molecule has 4 rings (SSSR count). The van der Waals surface area contributed by atoms with Gasteiger partial charge < -0.3 is 9.64 Å². The number of aromatic nitrogens is 2. The lowest BCUT2D eigenvalue weighted by Gasteiger charge is -2.29. The molecule has 7 nitrogen and oxygen atoms in total. The van der Waals surface area contributed by atoms with Crippen LogP contribution in [0, 0.1) is 25.7 Å². The maximum absolute atomic E-state index is 12.1. The SMILES string of the molecule is CCCS(=O)(=O)NC[C@H]1[C@H]2CN(c3cnc(C)c(C)n3)C[C@]23CC[C@H]1O3. The molecule has 4 heterocycles. The summed E-state index contributed by atoms with van der Waals surface area (Å²) in [5.41, 5.74) is 1.75. The molecule has 0 amide bonds. The van der Waals surface area contributed by atoms with Gasteiger partial charge in [-0.1, -0.05) is 6.92 Å². The van der Waals surface area contributed by atoms with E-state index in [1.54, 1.807) is 0 Å². The molecular formula is C18H28N4O3S. The van der Waals surface area contributed by atoms with Crippen LogP contribution in [0.3, 0.4) is 0 Å². The third kappa shape index (κ3) is 3.01. The number of hydrogen-bond donors (Lipinski definition) is 1. The quantitative estimate of drug-likeness (QED) is 0.803. The molecule has 2 bridgehead atoms. The van der Waals surface area contributed by atoms with Crippen LogP contribution in [0.2, 0.25) is 0 Å². The zero-order valence-electron chi connectivity index (χ0n) is 15.7. The van der Waals surface area contributed by atoms with Crippen molar-refractivity contribution in [3.05, 3.63) is 17.6 Å². The average Bonchev–Trinajstić information content (AvgIpc) is 3.23. The number of hydrogen-bond acceptors (Lipinski definition) is 6. The van der Waals surface area contributed by atoms with E-state index in [0.29, 0.717) is 18.9 Å². The molecular weight excluding hydrogens is 352 g/mol. The summed E-state index contributed by atoms with van der Waals surface area (Å²) in [6.07, 6.45) is 4.72. The first-order chi connectivity index (χ1) is 12.3. The number of nitrogens with zero attached hydrogens (tertiary/aromatic N) is 3. The maximum atomic E-state index is 12.1. The Balaban J connectivity index is 1.50. The Bertz CT molecular complexity index is 800. The van der Waals surface area contributed by atoms with E-state index >= 15 is 0 Å². The van der Waals surface area contributed by atoms with Crippen LogP contribution in [-0.2, 0) is 14.8 Å². The molecule has 3 aliphatic rings. The van der Waals surface area contributed by atoms with Gasteiger partial charge in [0.15, 0.2) is 0 Å². The number of fused-ring (bicyclic) bond motifs is 1. The van der Waals surface area contributed by atoms with Gasteiger partial charge in [-0.2, -0.15) is 0 Å². The van der Waals surface area contributed by atoms with Crippen LogP contribution < -0.4 is 9.62 Å². The molecule has 1 aromatic heterocycles. The molecule has 4 atom stereocenters. The Morgan fingerprint density at radius 1 is 1.38 bits per heavy atom. The number of rotatable bonds is 6. The van der Waals surface area contributed by atoms with E-state index in [1.807, 2.05) is 27.0 Å². The summed E-state index contributed by atoms with van der Waals surface area (Å²) in [5.74, 6) is 1.66. The molecule has 1 spiro atoms. The monoisotopic (exact) mass is 380 g/mol. The van der Waals surface area contributed by atoms with Crippen molar-refractivity contribution in [3.8, 4) is 0 Å². The Hall–Kier alpha value is -1.25. The molecule has 8 heteroatoms. The molecule has 3 fully saturated rings. The van der Waals surface area contributed by atoms with Crippen molar-refractivity contribution in [1.29, 1.82) is 0 Å². The summed E-state index contributed by atoms with van der Waals surface area (Å²) in [6.45, 7) is 7.98. The normalized spacial score (nSPS) is 33.0. The minimum atomic E-state index is -3.18. The number of nitrogens with one attached hydrogen (secondary N) is 1. The van der Waals surface area contributed by atoms with E-state index in [0.717, 1.165) is 43.1 Å². The van der Waals surface area contributed by atoms with Crippen molar-refractivity contribution >= 4 is 15.8 Å². The Morgan fingerprint density at radius 2 is 2.19 bits per heavy atom. The summed E-state index contributed by atoms with van der Waals surface area (Å²) in [4.78, 5) is 11.4. The van der Waals surface area contributed by atoms with Crippen LogP contribution in [0.4, 0.5) is 5.82 Å². The second-order valence-electron chi connectivity index (χ2n) is 7.98. The molecule has 26 heavy (non-hydrogen) atoms. The summed E-state index contributed by atoms with van der Waals surface area (Å²) in [6, 6.07) is 0. The van der Waals surface area contributed by atoms with Crippen molar-refractivity contribution in [2.45, 2.75) is 51.7 Å². The van der Waals surface area contributed by atoms with Crippen molar-refractivity contribution < 1.29 is 13.2 Å². The first-order valence-electron chi connectivity index (χ1n) is 9.54. The van der Waals surface area contributed by atoms with Crippen LogP contribution in [0.5, 0.6) is 0 Å². The first kappa shape index (κ1) is 18.1. The molecule has 0 unspecified atom stereocenters. The molecule has 0 radical (unpaired) electrons. The largest absolute Gasteiger partial charge is 0.369 e. The van der Waals surface area contributed by atoms with E-state index < -0.39 is 10.0 Å². The zero-order valence-corrected chi connectivity index (χ0v) is 16.6. The van der Waals surface area contributed by atoms with Crippen molar-refractivity contribution in [2.75, 3.05) is 30.3 Å². The first-order valence-corrected chi connectivity index (χ1v) is 11.2. The molecule has 3 aliphatic heterocycles. The van der Waals surface area contributed by atoms with Crippen LogP contribution in [0.15, 0.2) is 6.20 Å². The summed E-state index contributed by atoms with van der Waals surface area (Å²) < 4.78 is 33.3. The minimum Gasteiger partial charge on any atom is -0.369 e. The smallest absolute Gasteiger partial charge is 0.211 e. The zero-order chi connectivity index (χ0) is 18.5. The highest BCUT2D eigenvalue weighted by molar-refractivity contribution is 7.89. The van der Waals surface area contributed by atoms with Crippen LogP contribution in [0.1, 0.15) is 37.6 Å². The topological polar surface area (TPSA) is 84.4 Å². The highest BCUT2D eigenvalue weighted by Gasteiger charge is 2.63. The molecule has 1 N–H and O–H groups in total. The average molecular weight is 381 g/mol. The molecule has 1 aromatic rings. The van der Waals surface area contributed by atoms with E-state index in [1.165, 1.54) is 0 Å². The fourth-order valence-corrected chi connectivity index (χ4v) is 6.01. The number of aryl methyl sites for hydroxylation is 2. The predicted molar refractivity (Wildman–Crippen MR) is 99.6 cm³/mol. The van der Waals surface area contributed by atoms with Gasteiger partial charge in [0, 0.05) is 31.5 Å². The second kappa shape index (κ2) is 6.42. The second-order valence-corrected chi connectivity index (χ2v) is 9.90. The van der Waals surface area contributed by atoms with E-state index in [-0.39, 0.29) is 23.4 Å². The molecule has 0 saturated carbocycles. The Kier molecular flexibility index (Phi) is 4.48. The van der Waals surface area contributed by atoms with Crippen LogP contribution in [-0.4, -0.2) is 55.5 Å². The lowest BCUT2D eigenvalue weighted by atomic mass is 9.74. The number of anilines is 1. The minimum absolute atomic E-state index is 0.147. The van der Waals surface area contributed by atoms with Gasteiger partial charge in [-0.3, -0.25) is 4.98 Å². The fourth-order valence-electron chi connectivity index (χ4n) is 4.88. The van der Waals surface area contributed by atoms with E-state index in [9.17, 15) is 8.42 Å². The van der Waals surface area contributed by atoms with E-state index in [4.69, 9.17) is 9.72 Å². The fraction of sp³-hybridized carbons (Fsp3) is 0.778. The van der Waals surface area contributed by atoms with Crippen molar-refractivity contribution in [1.82, 2.24) is 14.7 Å². The summed E-state index contributed by atoms with van der Waals surface area (Å²) >= 11 is 0. The standard InChI is InChI=1S/C18H28N4O3S/c1-4-7-26(23,24)20-8-14-15-10-22(11-18(15)6-5-16(14)25-18)17-9-19-12(2)13(3)21-17/h9,14-16,20H,4-8,10-11H2,1-3H3/t14-,15+,16+,18+/m0/s1. The lowest BCUT2D eigenvalue weighted by molar-refractivity contribution is 0.0142. The third-order valence-electron chi connectivity index (χ3n) is 6.30. The third-order valence-corrected chi connectivity index (χ3v) is 7.85. The van der Waals surface area contributed by atoms with Crippen LogP contribution in [0.25, 0.3) is 0 Å². The van der Waals surface area contributed by atoms with Gasteiger partial charge >= 0.3 is 0 Å². The maximum Gasteiger partial charge on any atom is 0.211 e. The lowest BCUT2D eigenvalue weighted by Crippen LogP contribution is -2.42. The van der Waals surface area contributed by atoms with Gasteiger partial charge in [0.05, 0.1) is 35.0 Å².